The molecule has 0 aliphatic heterocycles. The van der Waals surface area contributed by atoms with E-state index in [2.05, 4.69) is 49.4 Å². The Morgan fingerprint density at radius 3 is 2.63 bits per heavy atom. The number of aryl methyl sites for hydroxylation is 3. The second-order valence-corrected chi connectivity index (χ2v) is 4.89. The number of nitrogens with two attached hydrogens (primary N) is 1. The Morgan fingerprint density at radius 1 is 1.21 bits per heavy atom. The van der Waals surface area contributed by atoms with Gasteiger partial charge in [-0.1, -0.05) is 30.7 Å². The molecular weight excluding hydrogens is 234 g/mol. The van der Waals surface area contributed by atoms with Crippen molar-refractivity contribution in [3.05, 3.63) is 64.5 Å². The predicted molar refractivity (Wildman–Crippen MR) is 78.7 cm³/mol. The highest BCUT2D eigenvalue weighted by atomic mass is 15.2. The zero-order chi connectivity index (χ0) is 13.8. The maximum atomic E-state index is 5.80. The van der Waals surface area contributed by atoms with Gasteiger partial charge >= 0.3 is 0 Å². The summed E-state index contributed by atoms with van der Waals surface area (Å²) in [6, 6.07) is 8.52. The van der Waals surface area contributed by atoms with E-state index in [0.29, 0.717) is 0 Å². The van der Waals surface area contributed by atoms with Gasteiger partial charge in [-0.15, -0.1) is 0 Å². The van der Waals surface area contributed by atoms with Crippen molar-refractivity contribution in [1.82, 2.24) is 10.4 Å². The molecule has 1 aromatic carbocycles. The molecule has 2 rings (SSSR count). The minimum atomic E-state index is 0.0125. The van der Waals surface area contributed by atoms with Crippen molar-refractivity contribution in [2.45, 2.75) is 33.2 Å². The van der Waals surface area contributed by atoms with Crippen LogP contribution in [0.2, 0.25) is 0 Å². The van der Waals surface area contributed by atoms with E-state index in [-0.39, 0.29) is 6.04 Å². The highest BCUT2D eigenvalue weighted by molar-refractivity contribution is 5.40. The minimum absolute atomic E-state index is 0.0125. The largest absolute Gasteiger partial charge is 0.271 e. The molecule has 0 fully saturated rings. The molecule has 1 atom stereocenters. The van der Waals surface area contributed by atoms with Crippen LogP contribution in [-0.4, -0.2) is 4.98 Å². The first-order valence-electron chi connectivity index (χ1n) is 6.63. The molecule has 0 amide bonds. The number of nitrogens with one attached hydrogen (secondary N) is 1. The van der Waals surface area contributed by atoms with Crippen molar-refractivity contribution in [1.29, 1.82) is 0 Å². The van der Waals surface area contributed by atoms with Crippen LogP contribution in [0.5, 0.6) is 0 Å². The van der Waals surface area contributed by atoms with Crippen molar-refractivity contribution in [2.75, 3.05) is 0 Å². The molecule has 0 radical (unpaired) electrons. The Morgan fingerprint density at radius 2 is 2.00 bits per heavy atom. The predicted octanol–water partition coefficient (Wildman–Crippen LogP) is 2.81. The van der Waals surface area contributed by atoms with Gasteiger partial charge in [0.05, 0.1) is 6.04 Å². The van der Waals surface area contributed by atoms with Gasteiger partial charge in [0.25, 0.3) is 0 Å². The quantitative estimate of drug-likeness (QED) is 0.652. The van der Waals surface area contributed by atoms with Crippen LogP contribution < -0.4 is 11.3 Å². The zero-order valence-corrected chi connectivity index (χ0v) is 11.8. The van der Waals surface area contributed by atoms with Crippen molar-refractivity contribution in [2.24, 2.45) is 5.84 Å². The molecule has 0 aliphatic rings. The van der Waals surface area contributed by atoms with Gasteiger partial charge < -0.3 is 0 Å². The SMILES string of the molecule is CCc1cnccc1C(NN)c1ccc(C)cc1C. The fourth-order valence-electron chi connectivity index (χ4n) is 2.51. The number of hydrazine groups is 1. The second-order valence-electron chi connectivity index (χ2n) is 4.89. The molecule has 0 spiro atoms. The smallest absolute Gasteiger partial charge is 0.0716 e. The van der Waals surface area contributed by atoms with Gasteiger partial charge in [-0.3, -0.25) is 10.8 Å². The van der Waals surface area contributed by atoms with Gasteiger partial charge in [0.15, 0.2) is 0 Å². The molecule has 0 saturated heterocycles. The van der Waals surface area contributed by atoms with Crippen LogP contribution in [0.4, 0.5) is 0 Å². The number of aromatic nitrogens is 1. The van der Waals surface area contributed by atoms with Crippen LogP contribution in [0.25, 0.3) is 0 Å². The average molecular weight is 255 g/mol. The van der Waals surface area contributed by atoms with Gasteiger partial charge in [0, 0.05) is 12.4 Å². The Labute approximate surface area is 114 Å². The number of rotatable bonds is 4. The van der Waals surface area contributed by atoms with Crippen LogP contribution in [0, 0.1) is 13.8 Å². The first-order valence-corrected chi connectivity index (χ1v) is 6.63. The highest BCUT2D eigenvalue weighted by Gasteiger charge is 2.17. The average Bonchev–Trinajstić information content (AvgIpc) is 2.42. The van der Waals surface area contributed by atoms with Gasteiger partial charge in [-0.05, 0) is 48.6 Å². The summed E-state index contributed by atoms with van der Waals surface area (Å²) in [6.07, 6.45) is 4.69. The molecule has 100 valence electrons. The van der Waals surface area contributed by atoms with Crippen LogP contribution in [0.3, 0.4) is 0 Å². The number of nitrogens with zero attached hydrogens (tertiary/aromatic N) is 1. The molecule has 3 heteroatoms. The lowest BCUT2D eigenvalue weighted by Gasteiger charge is -2.21. The molecule has 0 aliphatic carbocycles. The molecular formula is C16H21N3. The molecule has 1 unspecified atom stereocenters. The summed E-state index contributed by atoms with van der Waals surface area (Å²) in [5, 5.41) is 0. The van der Waals surface area contributed by atoms with Crippen LogP contribution in [0.15, 0.2) is 36.7 Å². The third-order valence-electron chi connectivity index (χ3n) is 3.54. The third kappa shape index (κ3) is 2.83. The maximum Gasteiger partial charge on any atom is 0.0716 e. The molecule has 3 N–H and O–H groups in total. The summed E-state index contributed by atoms with van der Waals surface area (Å²) in [5.74, 6) is 5.80. The topological polar surface area (TPSA) is 50.9 Å². The fraction of sp³-hybridized carbons (Fsp3) is 0.312. The first kappa shape index (κ1) is 13.7. The van der Waals surface area contributed by atoms with Crippen LogP contribution in [0.1, 0.15) is 40.8 Å². The van der Waals surface area contributed by atoms with E-state index in [1.807, 2.05) is 18.5 Å². The molecule has 2 aromatic rings. The van der Waals surface area contributed by atoms with Crippen molar-refractivity contribution in [3.63, 3.8) is 0 Å². The van der Waals surface area contributed by atoms with Gasteiger partial charge in [0.1, 0.15) is 0 Å². The molecule has 0 saturated carbocycles. The summed E-state index contributed by atoms with van der Waals surface area (Å²) in [5.41, 5.74) is 9.10. The van der Waals surface area contributed by atoms with Gasteiger partial charge in [-0.25, -0.2) is 5.43 Å². The Hall–Kier alpha value is -1.71. The van der Waals surface area contributed by atoms with Crippen molar-refractivity contribution >= 4 is 0 Å². The van der Waals surface area contributed by atoms with E-state index < -0.39 is 0 Å². The van der Waals surface area contributed by atoms with Crippen LogP contribution >= 0.6 is 0 Å². The van der Waals surface area contributed by atoms with Crippen molar-refractivity contribution < 1.29 is 0 Å². The normalized spacial score (nSPS) is 12.4. The summed E-state index contributed by atoms with van der Waals surface area (Å²) >= 11 is 0. The fourth-order valence-corrected chi connectivity index (χ4v) is 2.51. The first-order chi connectivity index (χ1) is 9.17. The summed E-state index contributed by atoms with van der Waals surface area (Å²) in [7, 11) is 0. The lowest BCUT2D eigenvalue weighted by molar-refractivity contribution is 0.627. The lowest BCUT2D eigenvalue weighted by atomic mass is 9.92. The zero-order valence-electron chi connectivity index (χ0n) is 11.8. The third-order valence-corrected chi connectivity index (χ3v) is 3.54. The van der Waals surface area contributed by atoms with E-state index in [0.717, 1.165) is 6.42 Å². The standard InChI is InChI=1S/C16H21N3/c1-4-13-10-18-8-7-15(13)16(19-17)14-6-5-11(2)9-12(14)3/h5-10,16,19H,4,17H2,1-3H3. The molecule has 3 nitrogen and oxygen atoms in total. The Kier molecular flexibility index (Phi) is 4.30. The molecule has 19 heavy (non-hydrogen) atoms. The summed E-state index contributed by atoms with van der Waals surface area (Å²) < 4.78 is 0. The molecule has 0 bridgehead atoms. The highest BCUT2D eigenvalue weighted by Crippen LogP contribution is 2.27. The van der Waals surface area contributed by atoms with Crippen LogP contribution in [-0.2, 0) is 6.42 Å². The van der Waals surface area contributed by atoms with E-state index in [4.69, 9.17) is 5.84 Å². The second kappa shape index (κ2) is 5.95. The Bertz CT molecular complexity index is 564. The van der Waals surface area contributed by atoms with Gasteiger partial charge in [0.2, 0.25) is 0 Å². The molecule has 1 aromatic heterocycles. The summed E-state index contributed by atoms with van der Waals surface area (Å²) in [4.78, 5) is 4.19. The van der Waals surface area contributed by atoms with E-state index >= 15 is 0 Å². The maximum absolute atomic E-state index is 5.80. The van der Waals surface area contributed by atoms with E-state index in [1.165, 1.54) is 27.8 Å². The monoisotopic (exact) mass is 255 g/mol. The minimum Gasteiger partial charge on any atom is -0.271 e. The van der Waals surface area contributed by atoms with Crippen molar-refractivity contribution in [3.8, 4) is 0 Å². The number of hydrogen-bond donors (Lipinski definition) is 2. The lowest BCUT2D eigenvalue weighted by Crippen LogP contribution is -2.30. The van der Waals surface area contributed by atoms with E-state index in [1.54, 1.807) is 0 Å². The van der Waals surface area contributed by atoms with Gasteiger partial charge in [-0.2, -0.15) is 0 Å². The number of hydrogen-bond acceptors (Lipinski definition) is 3. The number of benzene rings is 1. The Balaban J connectivity index is 2.50. The number of pyridine rings is 1. The van der Waals surface area contributed by atoms with E-state index in [9.17, 15) is 0 Å². The summed E-state index contributed by atoms with van der Waals surface area (Å²) in [6.45, 7) is 6.36. The molecule has 1 heterocycles.